The monoisotopic (exact) mass is 274 g/mol. The number of pyridine rings is 1. The standard InChI is InChI=1S/C14H14N2O4/c1-9-3-4-11(16(18)19)7-14(9)20-12-5-6-13(10(2)17)15-8-12/h3-8,10,17H,1-2H3/t10-/m1/s1. The van der Waals surface area contributed by atoms with Gasteiger partial charge in [0.1, 0.15) is 11.5 Å². The van der Waals surface area contributed by atoms with Crippen molar-refractivity contribution in [2.75, 3.05) is 0 Å². The molecule has 2 aromatic rings. The van der Waals surface area contributed by atoms with Crippen LogP contribution in [0.25, 0.3) is 0 Å². The van der Waals surface area contributed by atoms with E-state index in [-0.39, 0.29) is 5.69 Å². The Labute approximate surface area is 115 Å². The Kier molecular flexibility index (Phi) is 3.95. The first-order valence-electron chi connectivity index (χ1n) is 6.04. The molecule has 0 spiro atoms. The number of aliphatic hydroxyl groups excluding tert-OH is 1. The van der Waals surface area contributed by atoms with Crippen molar-refractivity contribution in [2.24, 2.45) is 0 Å². The Morgan fingerprint density at radius 2 is 2.10 bits per heavy atom. The lowest BCUT2D eigenvalue weighted by molar-refractivity contribution is -0.384. The van der Waals surface area contributed by atoms with Gasteiger partial charge in [0.05, 0.1) is 29.0 Å². The molecule has 0 unspecified atom stereocenters. The minimum absolute atomic E-state index is 0.0286. The quantitative estimate of drug-likeness (QED) is 0.683. The van der Waals surface area contributed by atoms with Gasteiger partial charge in [-0.15, -0.1) is 0 Å². The third kappa shape index (κ3) is 3.10. The fraction of sp³-hybridized carbons (Fsp3) is 0.214. The van der Waals surface area contributed by atoms with Gasteiger partial charge in [0.25, 0.3) is 5.69 Å². The topological polar surface area (TPSA) is 85.5 Å². The van der Waals surface area contributed by atoms with Gasteiger partial charge in [-0.3, -0.25) is 15.1 Å². The molecule has 1 aromatic heterocycles. The van der Waals surface area contributed by atoms with E-state index < -0.39 is 11.0 Å². The highest BCUT2D eigenvalue weighted by molar-refractivity contribution is 5.45. The Balaban J connectivity index is 2.25. The molecule has 0 saturated carbocycles. The average molecular weight is 274 g/mol. The Bertz CT molecular complexity index is 624. The van der Waals surface area contributed by atoms with Crippen LogP contribution in [-0.4, -0.2) is 15.0 Å². The van der Waals surface area contributed by atoms with E-state index in [2.05, 4.69) is 4.98 Å². The average Bonchev–Trinajstić information content (AvgIpc) is 2.41. The number of aryl methyl sites for hydroxylation is 1. The van der Waals surface area contributed by atoms with Crippen LogP contribution in [-0.2, 0) is 0 Å². The van der Waals surface area contributed by atoms with Crippen molar-refractivity contribution in [2.45, 2.75) is 20.0 Å². The van der Waals surface area contributed by atoms with Gasteiger partial charge >= 0.3 is 0 Å². The summed E-state index contributed by atoms with van der Waals surface area (Å²) in [7, 11) is 0. The maximum absolute atomic E-state index is 10.7. The van der Waals surface area contributed by atoms with Gasteiger partial charge in [-0.1, -0.05) is 0 Å². The zero-order valence-electron chi connectivity index (χ0n) is 11.1. The highest BCUT2D eigenvalue weighted by Crippen LogP contribution is 2.28. The molecule has 0 fully saturated rings. The van der Waals surface area contributed by atoms with Crippen molar-refractivity contribution in [1.29, 1.82) is 0 Å². The number of ether oxygens (including phenoxy) is 1. The molecule has 1 heterocycles. The third-order valence-electron chi connectivity index (χ3n) is 2.80. The van der Waals surface area contributed by atoms with Gasteiger partial charge in [-0.2, -0.15) is 0 Å². The van der Waals surface area contributed by atoms with Crippen LogP contribution in [0, 0.1) is 17.0 Å². The van der Waals surface area contributed by atoms with E-state index in [4.69, 9.17) is 4.74 Å². The van der Waals surface area contributed by atoms with Crippen LogP contribution in [0.2, 0.25) is 0 Å². The minimum atomic E-state index is -0.649. The van der Waals surface area contributed by atoms with Gasteiger partial charge in [-0.25, -0.2) is 0 Å². The van der Waals surface area contributed by atoms with Crippen LogP contribution in [0.3, 0.4) is 0 Å². The molecule has 20 heavy (non-hydrogen) atoms. The second-order valence-corrected chi connectivity index (χ2v) is 4.40. The molecule has 2 rings (SSSR count). The van der Waals surface area contributed by atoms with Crippen molar-refractivity contribution >= 4 is 5.69 Å². The molecule has 0 aliphatic carbocycles. The van der Waals surface area contributed by atoms with E-state index in [1.54, 1.807) is 32.0 Å². The van der Waals surface area contributed by atoms with E-state index in [9.17, 15) is 15.2 Å². The maximum atomic E-state index is 10.7. The molecule has 0 saturated heterocycles. The summed E-state index contributed by atoms with van der Waals surface area (Å²) in [6, 6.07) is 7.74. The number of rotatable bonds is 4. The number of nitro groups is 1. The first kappa shape index (κ1) is 14.0. The number of nitrogens with zero attached hydrogens (tertiary/aromatic N) is 2. The fourth-order valence-electron chi connectivity index (χ4n) is 1.64. The second kappa shape index (κ2) is 5.66. The van der Waals surface area contributed by atoms with Crippen LogP contribution in [0.15, 0.2) is 36.5 Å². The number of nitro benzene ring substituents is 1. The first-order chi connectivity index (χ1) is 9.47. The van der Waals surface area contributed by atoms with E-state index in [0.717, 1.165) is 5.56 Å². The number of aromatic nitrogens is 1. The molecule has 6 heteroatoms. The number of non-ortho nitro benzene ring substituents is 1. The summed E-state index contributed by atoms with van der Waals surface area (Å²) in [6.45, 7) is 3.42. The van der Waals surface area contributed by atoms with Gasteiger partial charge < -0.3 is 9.84 Å². The van der Waals surface area contributed by atoms with E-state index in [1.165, 1.54) is 18.3 Å². The normalized spacial score (nSPS) is 11.9. The van der Waals surface area contributed by atoms with Crippen molar-refractivity contribution in [1.82, 2.24) is 4.98 Å². The fourth-order valence-corrected chi connectivity index (χ4v) is 1.64. The molecule has 1 N–H and O–H groups in total. The van der Waals surface area contributed by atoms with Crippen LogP contribution in [0.5, 0.6) is 11.5 Å². The van der Waals surface area contributed by atoms with Gasteiger partial charge in [-0.05, 0) is 37.6 Å². The van der Waals surface area contributed by atoms with Crippen LogP contribution >= 0.6 is 0 Å². The molecular formula is C14H14N2O4. The Morgan fingerprint density at radius 1 is 1.35 bits per heavy atom. The lowest BCUT2D eigenvalue weighted by Gasteiger charge is -2.09. The van der Waals surface area contributed by atoms with Crippen molar-refractivity contribution in [3.63, 3.8) is 0 Å². The summed E-state index contributed by atoms with van der Waals surface area (Å²) < 4.78 is 5.59. The summed E-state index contributed by atoms with van der Waals surface area (Å²) in [5, 5.41) is 20.1. The van der Waals surface area contributed by atoms with E-state index in [1.807, 2.05) is 0 Å². The summed E-state index contributed by atoms with van der Waals surface area (Å²) in [5.74, 6) is 0.865. The Morgan fingerprint density at radius 3 is 2.65 bits per heavy atom. The molecule has 1 atom stereocenters. The lowest BCUT2D eigenvalue weighted by atomic mass is 10.2. The lowest BCUT2D eigenvalue weighted by Crippen LogP contribution is -1.96. The molecule has 0 bridgehead atoms. The minimum Gasteiger partial charge on any atom is -0.455 e. The number of aliphatic hydroxyl groups is 1. The SMILES string of the molecule is Cc1ccc([N+](=O)[O-])cc1Oc1ccc([C@@H](C)O)nc1. The molecule has 104 valence electrons. The Hall–Kier alpha value is -2.47. The molecule has 6 nitrogen and oxygen atoms in total. The second-order valence-electron chi connectivity index (χ2n) is 4.40. The van der Waals surface area contributed by atoms with Crippen LogP contribution < -0.4 is 4.74 Å². The summed E-state index contributed by atoms with van der Waals surface area (Å²) in [4.78, 5) is 14.3. The largest absolute Gasteiger partial charge is 0.455 e. The van der Waals surface area contributed by atoms with Crippen molar-refractivity contribution in [3.05, 3.63) is 57.9 Å². The third-order valence-corrected chi connectivity index (χ3v) is 2.80. The van der Waals surface area contributed by atoms with Crippen LogP contribution in [0.4, 0.5) is 5.69 Å². The van der Waals surface area contributed by atoms with Crippen molar-refractivity contribution < 1.29 is 14.8 Å². The first-order valence-corrected chi connectivity index (χ1v) is 6.04. The molecule has 0 amide bonds. The predicted octanol–water partition coefficient (Wildman–Crippen LogP) is 3.14. The van der Waals surface area contributed by atoms with E-state index in [0.29, 0.717) is 17.2 Å². The van der Waals surface area contributed by atoms with Crippen molar-refractivity contribution in [3.8, 4) is 11.5 Å². The summed E-state index contributed by atoms with van der Waals surface area (Å²) in [6.07, 6.45) is 0.823. The molecule has 0 aliphatic rings. The molecule has 0 radical (unpaired) electrons. The highest BCUT2D eigenvalue weighted by Gasteiger charge is 2.11. The molecule has 1 aromatic carbocycles. The van der Waals surface area contributed by atoms with E-state index >= 15 is 0 Å². The van der Waals surface area contributed by atoms with Gasteiger partial charge in [0, 0.05) is 6.07 Å². The predicted molar refractivity (Wildman–Crippen MR) is 72.8 cm³/mol. The summed E-state index contributed by atoms with van der Waals surface area (Å²) in [5.41, 5.74) is 1.29. The molecule has 0 aliphatic heterocycles. The van der Waals surface area contributed by atoms with Crippen LogP contribution in [0.1, 0.15) is 24.3 Å². The number of benzene rings is 1. The van der Waals surface area contributed by atoms with Gasteiger partial charge in [0.15, 0.2) is 0 Å². The maximum Gasteiger partial charge on any atom is 0.273 e. The smallest absolute Gasteiger partial charge is 0.273 e. The summed E-state index contributed by atoms with van der Waals surface area (Å²) >= 11 is 0. The zero-order chi connectivity index (χ0) is 14.7. The van der Waals surface area contributed by atoms with Gasteiger partial charge in [0.2, 0.25) is 0 Å². The number of hydrogen-bond donors (Lipinski definition) is 1. The number of hydrogen-bond acceptors (Lipinski definition) is 5. The molecular weight excluding hydrogens is 260 g/mol. The highest BCUT2D eigenvalue weighted by atomic mass is 16.6. The zero-order valence-corrected chi connectivity index (χ0v) is 11.1.